The highest BCUT2D eigenvalue weighted by Gasteiger charge is 2.35. The topological polar surface area (TPSA) is 32.8 Å². The van der Waals surface area contributed by atoms with Gasteiger partial charge in [-0.1, -0.05) is 6.42 Å². The highest BCUT2D eigenvalue weighted by atomic mass is 16.5. The summed E-state index contributed by atoms with van der Waals surface area (Å²) in [5, 5.41) is 0. The molecule has 2 rings (SSSR count). The Labute approximate surface area is 110 Å². The molecule has 0 bridgehead atoms. The second-order valence-corrected chi connectivity index (χ2v) is 6.30. The average Bonchev–Trinajstić information content (AvgIpc) is 2.37. The van der Waals surface area contributed by atoms with Crippen LogP contribution in [0.1, 0.15) is 33.1 Å². The SMILES string of the molecule is COC(=O)C(C)(C)CN1CCN2CCCCC2C1. The summed E-state index contributed by atoms with van der Waals surface area (Å²) < 4.78 is 4.89. The monoisotopic (exact) mass is 254 g/mol. The number of ether oxygens (including phenoxy) is 1. The summed E-state index contributed by atoms with van der Waals surface area (Å²) in [5.41, 5.74) is -0.397. The van der Waals surface area contributed by atoms with E-state index in [0.29, 0.717) is 6.04 Å². The second-order valence-electron chi connectivity index (χ2n) is 6.30. The Morgan fingerprint density at radius 3 is 2.78 bits per heavy atom. The van der Waals surface area contributed by atoms with Gasteiger partial charge in [-0.25, -0.2) is 0 Å². The maximum absolute atomic E-state index is 11.7. The molecular weight excluding hydrogens is 228 g/mol. The standard InChI is InChI=1S/C14H26N2O2/c1-14(2,13(17)18-3)11-15-8-9-16-7-5-4-6-12(16)10-15/h12H,4-11H2,1-3H3. The van der Waals surface area contributed by atoms with E-state index < -0.39 is 5.41 Å². The van der Waals surface area contributed by atoms with Crippen molar-refractivity contribution in [1.82, 2.24) is 9.80 Å². The van der Waals surface area contributed by atoms with E-state index in [9.17, 15) is 4.79 Å². The van der Waals surface area contributed by atoms with Gasteiger partial charge in [-0.3, -0.25) is 14.6 Å². The van der Waals surface area contributed by atoms with Crippen LogP contribution in [0.25, 0.3) is 0 Å². The van der Waals surface area contributed by atoms with Gasteiger partial charge >= 0.3 is 5.97 Å². The van der Waals surface area contributed by atoms with Crippen molar-refractivity contribution in [3.63, 3.8) is 0 Å². The zero-order chi connectivity index (χ0) is 13.2. The first-order valence-corrected chi connectivity index (χ1v) is 7.08. The molecule has 4 nitrogen and oxygen atoms in total. The first kappa shape index (κ1) is 13.8. The summed E-state index contributed by atoms with van der Waals surface area (Å²) in [6.45, 7) is 9.38. The number of hydrogen-bond acceptors (Lipinski definition) is 4. The highest BCUT2D eigenvalue weighted by Crippen LogP contribution is 2.25. The van der Waals surface area contributed by atoms with E-state index in [-0.39, 0.29) is 5.97 Å². The summed E-state index contributed by atoms with van der Waals surface area (Å²) in [7, 11) is 1.48. The van der Waals surface area contributed by atoms with Crippen LogP contribution in [0.5, 0.6) is 0 Å². The first-order chi connectivity index (χ1) is 8.53. The van der Waals surface area contributed by atoms with Crippen molar-refractivity contribution >= 4 is 5.97 Å². The van der Waals surface area contributed by atoms with Crippen molar-refractivity contribution in [2.24, 2.45) is 5.41 Å². The number of fused-ring (bicyclic) bond motifs is 1. The third-order valence-corrected chi connectivity index (χ3v) is 4.28. The van der Waals surface area contributed by atoms with E-state index in [4.69, 9.17) is 4.74 Å². The third-order valence-electron chi connectivity index (χ3n) is 4.28. The van der Waals surface area contributed by atoms with Gasteiger partial charge in [-0.15, -0.1) is 0 Å². The Hall–Kier alpha value is -0.610. The van der Waals surface area contributed by atoms with Crippen LogP contribution < -0.4 is 0 Å². The fraction of sp³-hybridized carbons (Fsp3) is 0.929. The summed E-state index contributed by atoms with van der Waals surface area (Å²) in [4.78, 5) is 16.8. The van der Waals surface area contributed by atoms with E-state index in [0.717, 1.165) is 26.2 Å². The Kier molecular flexibility index (Phi) is 4.28. The number of nitrogens with zero attached hydrogens (tertiary/aromatic N) is 2. The molecule has 0 aromatic carbocycles. The maximum Gasteiger partial charge on any atom is 0.312 e. The molecule has 104 valence electrons. The number of piperazine rings is 1. The molecule has 0 aromatic rings. The van der Waals surface area contributed by atoms with Gasteiger partial charge in [0.25, 0.3) is 0 Å². The number of carbonyl (C=O) groups is 1. The number of piperidine rings is 1. The van der Waals surface area contributed by atoms with Crippen LogP contribution in [-0.2, 0) is 9.53 Å². The average molecular weight is 254 g/mol. The zero-order valence-corrected chi connectivity index (χ0v) is 11.9. The minimum absolute atomic E-state index is 0.103. The second kappa shape index (κ2) is 5.57. The lowest BCUT2D eigenvalue weighted by Gasteiger charge is -2.45. The molecule has 0 saturated carbocycles. The largest absolute Gasteiger partial charge is 0.469 e. The van der Waals surface area contributed by atoms with Crippen LogP contribution in [0.3, 0.4) is 0 Å². The first-order valence-electron chi connectivity index (χ1n) is 7.08. The van der Waals surface area contributed by atoms with Crippen molar-refractivity contribution in [3.05, 3.63) is 0 Å². The molecule has 0 spiro atoms. The molecule has 0 amide bonds. The Morgan fingerprint density at radius 1 is 1.28 bits per heavy atom. The fourth-order valence-electron chi connectivity index (χ4n) is 3.26. The molecule has 2 aliphatic rings. The minimum Gasteiger partial charge on any atom is -0.469 e. The van der Waals surface area contributed by atoms with Crippen molar-refractivity contribution in [2.45, 2.75) is 39.2 Å². The van der Waals surface area contributed by atoms with Crippen molar-refractivity contribution in [1.29, 1.82) is 0 Å². The maximum atomic E-state index is 11.7. The van der Waals surface area contributed by atoms with Crippen molar-refractivity contribution in [2.75, 3.05) is 39.8 Å². The number of rotatable bonds is 3. The summed E-state index contributed by atoms with van der Waals surface area (Å²) >= 11 is 0. The van der Waals surface area contributed by atoms with Crippen LogP contribution in [0.15, 0.2) is 0 Å². The summed E-state index contributed by atoms with van der Waals surface area (Å²) in [6, 6.07) is 0.709. The molecule has 18 heavy (non-hydrogen) atoms. The van der Waals surface area contributed by atoms with Crippen LogP contribution in [0, 0.1) is 5.41 Å². The molecule has 4 heteroatoms. The number of carbonyl (C=O) groups excluding carboxylic acids is 1. The Bertz CT molecular complexity index is 304. The van der Waals surface area contributed by atoms with E-state index >= 15 is 0 Å². The number of hydrogen-bond donors (Lipinski definition) is 0. The van der Waals surface area contributed by atoms with Gasteiger partial charge in [0, 0.05) is 32.2 Å². The third kappa shape index (κ3) is 3.04. The lowest BCUT2D eigenvalue weighted by atomic mass is 9.91. The molecule has 0 N–H and O–H groups in total. The normalized spacial score (nSPS) is 26.7. The van der Waals surface area contributed by atoms with E-state index in [1.54, 1.807) is 0 Å². The van der Waals surface area contributed by atoms with Crippen molar-refractivity contribution in [3.8, 4) is 0 Å². The van der Waals surface area contributed by atoms with Gasteiger partial charge < -0.3 is 4.74 Å². The molecule has 1 unspecified atom stereocenters. The molecule has 0 aromatic heterocycles. The quantitative estimate of drug-likeness (QED) is 0.712. The molecule has 1 atom stereocenters. The molecule has 2 saturated heterocycles. The molecule has 0 radical (unpaired) electrons. The minimum atomic E-state index is -0.397. The molecule has 2 heterocycles. The van der Waals surface area contributed by atoms with Gasteiger partial charge in [0.1, 0.15) is 0 Å². The highest BCUT2D eigenvalue weighted by molar-refractivity contribution is 5.76. The fourth-order valence-corrected chi connectivity index (χ4v) is 3.26. The van der Waals surface area contributed by atoms with Crippen molar-refractivity contribution < 1.29 is 9.53 Å². The Balaban J connectivity index is 1.89. The molecular formula is C14H26N2O2. The molecule has 2 aliphatic heterocycles. The van der Waals surface area contributed by atoms with E-state index in [2.05, 4.69) is 9.80 Å². The zero-order valence-electron chi connectivity index (χ0n) is 11.9. The summed E-state index contributed by atoms with van der Waals surface area (Å²) in [6.07, 6.45) is 4.02. The smallest absolute Gasteiger partial charge is 0.312 e. The van der Waals surface area contributed by atoms with E-state index in [1.807, 2.05) is 13.8 Å². The molecule has 2 fully saturated rings. The number of methoxy groups -OCH3 is 1. The van der Waals surface area contributed by atoms with Crippen LogP contribution in [-0.4, -0.2) is 61.6 Å². The van der Waals surface area contributed by atoms with Crippen LogP contribution in [0.4, 0.5) is 0 Å². The number of esters is 1. The van der Waals surface area contributed by atoms with Gasteiger partial charge in [0.15, 0.2) is 0 Å². The summed E-state index contributed by atoms with van der Waals surface area (Å²) in [5.74, 6) is -0.103. The molecule has 0 aliphatic carbocycles. The lowest BCUT2D eigenvalue weighted by Crippen LogP contribution is -2.56. The van der Waals surface area contributed by atoms with Crippen LogP contribution in [0.2, 0.25) is 0 Å². The van der Waals surface area contributed by atoms with E-state index in [1.165, 1.54) is 32.9 Å². The predicted molar refractivity (Wildman–Crippen MR) is 71.4 cm³/mol. The van der Waals surface area contributed by atoms with Gasteiger partial charge in [0.2, 0.25) is 0 Å². The Morgan fingerprint density at radius 2 is 2.06 bits per heavy atom. The predicted octanol–water partition coefficient (Wildman–Crippen LogP) is 1.36. The lowest BCUT2D eigenvalue weighted by molar-refractivity contribution is -0.152. The van der Waals surface area contributed by atoms with Crippen LogP contribution >= 0.6 is 0 Å². The van der Waals surface area contributed by atoms with Gasteiger partial charge in [0.05, 0.1) is 12.5 Å². The van der Waals surface area contributed by atoms with Gasteiger partial charge in [-0.2, -0.15) is 0 Å². The van der Waals surface area contributed by atoms with Gasteiger partial charge in [-0.05, 0) is 33.2 Å².